The molecule has 0 aliphatic heterocycles. The summed E-state index contributed by atoms with van der Waals surface area (Å²) in [5.74, 6) is 0.786. The summed E-state index contributed by atoms with van der Waals surface area (Å²) >= 11 is 0. The molecule has 0 aliphatic carbocycles. The largest absolute Gasteiger partial charge is 0.389 e. The quantitative estimate of drug-likeness (QED) is 0.503. The molecule has 1 unspecified atom stereocenters. The lowest BCUT2D eigenvalue weighted by Gasteiger charge is -2.26. The molecule has 2 rings (SSSR count). The fourth-order valence-electron chi connectivity index (χ4n) is 3.36. The molecule has 0 aliphatic rings. The van der Waals surface area contributed by atoms with Crippen molar-refractivity contribution >= 4 is 5.88 Å². The van der Waals surface area contributed by atoms with E-state index in [2.05, 4.69) is 28.8 Å². The molecular weight excluding hydrogens is 382 g/mol. The molecule has 168 valence electrons. The highest BCUT2D eigenvalue weighted by atomic mass is 16.5. The second-order valence-corrected chi connectivity index (χ2v) is 7.62. The minimum Gasteiger partial charge on any atom is -0.389 e. The number of anilines is 1. The SMILES string of the molecule is CCN(CC)c1onc(-c2ccccc2)c1CN(CCOC)CC(O)COC(C)C. The van der Waals surface area contributed by atoms with Crippen molar-refractivity contribution in [2.24, 2.45) is 0 Å². The van der Waals surface area contributed by atoms with Crippen molar-refractivity contribution < 1.29 is 19.1 Å². The summed E-state index contributed by atoms with van der Waals surface area (Å²) < 4.78 is 16.7. The third-order valence-electron chi connectivity index (χ3n) is 4.95. The van der Waals surface area contributed by atoms with Crippen molar-refractivity contribution in [2.45, 2.75) is 46.4 Å². The van der Waals surface area contributed by atoms with Gasteiger partial charge < -0.3 is 24.0 Å². The molecule has 0 saturated carbocycles. The van der Waals surface area contributed by atoms with Crippen molar-refractivity contribution in [3.63, 3.8) is 0 Å². The number of hydrogen-bond donors (Lipinski definition) is 1. The summed E-state index contributed by atoms with van der Waals surface area (Å²) in [5.41, 5.74) is 2.89. The fraction of sp³-hybridized carbons (Fsp3) is 0.609. The molecule has 2 aromatic rings. The van der Waals surface area contributed by atoms with Crippen LogP contribution in [0.25, 0.3) is 11.3 Å². The summed E-state index contributed by atoms with van der Waals surface area (Å²) in [6, 6.07) is 10.1. The smallest absolute Gasteiger partial charge is 0.232 e. The molecule has 0 bridgehead atoms. The van der Waals surface area contributed by atoms with E-state index in [1.165, 1.54) is 0 Å². The van der Waals surface area contributed by atoms with E-state index in [9.17, 15) is 5.11 Å². The maximum atomic E-state index is 10.5. The van der Waals surface area contributed by atoms with Crippen LogP contribution in [0.3, 0.4) is 0 Å². The summed E-state index contributed by atoms with van der Waals surface area (Å²) in [6.45, 7) is 12.4. The monoisotopic (exact) mass is 419 g/mol. The van der Waals surface area contributed by atoms with Crippen LogP contribution in [-0.4, -0.2) is 73.9 Å². The van der Waals surface area contributed by atoms with Crippen molar-refractivity contribution in [1.82, 2.24) is 10.1 Å². The van der Waals surface area contributed by atoms with Gasteiger partial charge in [0.15, 0.2) is 0 Å². The molecule has 0 fully saturated rings. The maximum absolute atomic E-state index is 10.5. The first-order valence-corrected chi connectivity index (χ1v) is 10.8. The zero-order valence-electron chi connectivity index (χ0n) is 19.0. The molecule has 0 radical (unpaired) electrons. The molecule has 0 amide bonds. The highest BCUT2D eigenvalue weighted by molar-refractivity contribution is 5.68. The van der Waals surface area contributed by atoms with Gasteiger partial charge in [0.05, 0.1) is 31.0 Å². The van der Waals surface area contributed by atoms with E-state index in [1.54, 1.807) is 7.11 Å². The second kappa shape index (κ2) is 12.7. The average Bonchev–Trinajstić information content (AvgIpc) is 3.15. The van der Waals surface area contributed by atoms with E-state index in [1.807, 2.05) is 44.2 Å². The van der Waals surface area contributed by atoms with Gasteiger partial charge in [-0.15, -0.1) is 0 Å². The number of methoxy groups -OCH3 is 1. The van der Waals surface area contributed by atoms with Crippen LogP contribution in [0.2, 0.25) is 0 Å². The van der Waals surface area contributed by atoms with Gasteiger partial charge in [-0.25, -0.2) is 0 Å². The molecule has 30 heavy (non-hydrogen) atoms. The fourth-order valence-corrected chi connectivity index (χ4v) is 3.36. The zero-order chi connectivity index (χ0) is 21.9. The summed E-state index contributed by atoms with van der Waals surface area (Å²) in [6.07, 6.45) is -0.495. The van der Waals surface area contributed by atoms with Crippen molar-refractivity contribution in [3.8, 4) is 11.3 Å². The van der Waals surface area contributed by atoms with Gasteiger partial charge in [0.1, 0.15) is 5.69 Å². The zero-order valence-corrected chi connectivity index (χ0v) is 19.0. The van der Waals surface area contributed by atoms with Crippen LogP contribution in [-0.2, 0) is 16.0 Å². The van der Waals surface area contributed by atoms with Crippen LogP contribution in [0.1, 0.15) is 33.3 Å². The standard InChI is InChI=1S/C23H37N3O4/c1-6-26(7-2)23-21(22(24-30-23)19-11-9-8-10-12-19)16-25(13-14-28-5)15-20(27)17-29-18(3)4/h8-12,18,20,27H,6-7,13-17H2,1-5H3. The Balaban J connectivity index is 2.30. The van der Waals surface area contributed by atoms with Crippen LogP contribution in [0.5, 0.6) is 0 Å². The minimum absolute atomic E-state index is 0.0871. The van der Waals surface area contributed by atoms with Gasteiger partial charge in [-0.2, -0.15) is 0 Å². The van der Waals surface area contributed by atoms with Gasteiger partial charge >= 0.3 is 0 Å². The Morgan fingerprint density at radius 2 is 1.83 bits per heavy atom. The number of ether oxygens (including phenoxy) is 2. The molecule has 1 atom stereocenters. The first-order valence-electron chi connectivity index (χ1n) is 10.8. The van der Waals surface area contributed by atoms with E-state index in [4.69, 9.17) is 14.0 Å². The number of aromatic nitrogens is 1. The van der Waals surface area contributed by atoms with Crippen LogP contribution in [0.4, 0.5) is 5.88 Å². The Labute approximate surface area is 180 Å². The Bertz CT molecular complexity index is 716. The molecule has 7 nitrogen and oxygen atoms in total. The third kappa shape index (κ3) is 7.09. The number of nitrogens with zero attached hydrogens (tertiary/aromatic N) is 3. The van der Waals surface area contributed by atoms with Gasteiger partial charge in [-0.05, 0) is 27.7 Å². The van der Waals surface area contributed by atoms with Crippen molar-refractivity contribution in [1.29, 1.82) is 0 Å². The first-order chi connectivity index (χ1) is 14.5. The topological polar surface area (TPSA) is 71.2 Å². The number of aliphatic hydroxyl groups excluding tert-OH is 1. The number of rotatable bonds is 14. The van der Waals surface area contributed by atoms with Gasteiger partial charge in [0, 0.05) is 45.4 Å². The maximum Gasteiger partial charge on any atom is 0.232 e. The summed E-state index contributed by atoms with van der Waals surface area (Å²) in [7, 11) is 1.69. The second-order valence-electron chi connectivity index (χ2n) is 7.62. The lowest BCUT2D eigenvalue weighted by Crippen LogP contribution is -2.37. The van der Waals surface area contributed by atoms with Crippen LogP contribution in [0.15, 0.2) is 34.9 Å². The average molecular weight is 420 g/mol. The molecule has 7 heteroatoms. The van der Waals surface area contributed by atoms with Crippen molar-refractivity contribution in [3.05, 3.63) is 35.9 Å². The summed E-state index contributed by atoms with van der Waals surface area (Å²) in [5, 5.41) is 14.9. The molecular formula is C23H37N3O4. The van der Waals surface area contributed by atoms with E-state index in [0.29, 0.717) is 32.8 Å². The van der Waals surface area contributed by atoms with Gasteiger partial charge in [-0.3, -0.25) is 4.90 Å². The molecule has 1 N–H and O–H groups in total. The molecule has 1 heterocycles. The van der Waals surface area contributed by atoms with Crippen LogP contribution >= 0.6 is 0 Å². The molecule has 1 aromatic heterocycles. The molecule has 0 spiro atoms. The number of aliphatic hydroxyl groups is 1. The van der Waals surface area contributed by atoms with E-state index >= 15 is 0 Å². The number of benzene rings is 1. The molecule has 0 saturated heterocycles. The third-order valence-corrected chi connectivity index (χ3v) is 4.95. The van der Waals surface area contributed by atoms with Crippen molar-refractivity contribution in [2.75, 3.05) is 51.4 Å². The summed E-state index contributed by atoms with van der Waals surface area (Å²) in [4.78, 5) is 4.34. The van der Waals surface area contributed by atoms with E-state index in [0.717, 1.165) is 35.8 Å². The first kappa shape index (κ1) is 24.3. The van der Waals surface area contributed by atoms with Crippen LogP contribution in [0, 0.1) is 0 Å². The highest BCUT2D eigenvalue weighted by Gasteiger charge is 2.24. The number of hydrogen-bond acceptors (Lipinski definition) is 7. The predicted octanol–water partition coefficient (Wildman–Crippen LogP) is 3.42. The Kier molecular flexibility index (Phi) is 10.3. The lowest BCUT2D eigenvalue weighted by atomic mass is 10.1. The minimum atomic E-state index is -0.582. The highest BCUT2D eigenvalue weighted by Crippen LogP contribution is 2.32. The molecule has 1 aromatic carbocycles. The Hall–Kier alpha value is -1.93. The van der Waals surface area contributed by atoms with E-state index < -0.39 is 6.10 Å². The Morgan fingerprint density at radius 3 is 2.43 bits per heavy atom. The van der Waals surface area contributed by atoms with Gasteiger partial charge in [0.25, 0.3) is 0 Å². The predicted molar refractivity (Wildman–Crippen MR) is 120 cm³/mol. The van der Waals surface area contributed by atoms with Gasteiger partial charge in [0.2, 0.25) is 5.88 Å². The van der Waals surface area contributed by atoms with E-state index in [-0.39, 0.29) is 6.10 Å². The van der Waals surface area contributed by atoms with Crippen LogP contribution < -0.4 is 4.90 Å². The Morgan fingerprint density at radius 1 is 1.13 bits per heavy atom. The van der Waals surface area contributed by atoms with Gasteiger partial charge in [-0.1, -0.05) is 35.5 Å². The lowest BCUT2D eigenvalue weighted by molar-refractivity contribution is -0.0121. The normalized spacial score (nSPS) is 12.7.